The van der Waals surface area contributed by atoms with Crippen molar-refractivity contribution >= 4 is 38.6 Å². The summed E-state index contributed by atoms with van der Waals surface area (Å²) in [4.78, 5) is 27.4. The summed E-state index contributed by atoms with van der Waals surface area (Å²) in [5, 5.41) is 11.1. The van der Waals surface area contributed by atoms with Crippen LogP contribution in [0.15, 0.2) is 27.6 Å². The van der Waals surface area contributed by atoms with Crippen LogP contribution in [-0.2, 0) is 0 Å². The van der Waals surface area contributed by atoms with E-state index in [2.05, 4.69) is 26.2 Å². The van der Waals surface area contributed by atoms with E-state index in [0.717, 1.165) is 4.57 Å². The van der Waals surface area contributed by atoms with Gasteiger partial charge in [-0.15, -0.1) is 0 Å². The van der Waals surface area contributed by atoms with Gasteiger partial charge < -0.3 is 10.4 Å². The Morgan fingerprint density at radius 2 is 1.85 bits per heavy atom. The number of halogens is 5. The normalized spacial score (nSPS) is 11.0. The standard InChI is InChI=1S/C16H8BrF4N3O3/c1-22-14-8(19)3-9(20)15(23-14)24-4-6(16(26)27)13(25)5-2-7(18)11(21)10(17)12(5)24/h2-4H,1H3,(H,22,23)(H,26,27). The van der Waals surface area contributed by atoms with E-state index in [1.54, 1.807) is 0 Å². The largest absolute Gasteiger partial charge is 0.477 e. The number of aromatic nitrogens is 2. The number of benzene rings is 1. The number of carbonyl (C=O) groups is 1. The van der Waals surface area contributed by atoms with E-state index in [-0.39, 0.29) is 11.3 Å². The minimum atomic E-state index is -1.67. The Labute approximate surface area is 156 Å². The number of hydrogen-bond acceptors (Lipinski definition) is 4. The van der Waals surface area contributed by atoms with E-state index < -0.39 is 55.9 Å². The summed E-state index contributed by atoms with van der Waals surface area (Å²) in [5.41, 5.74) is -2.31. The van der Waals surface area contributed by atoms with E-state index in [1.165, 1.54) is 7.05 Å². The van der Waals surface area contributed by atoms with Gasteiger partial charge >= 0.3 is 5.97 Å². The molecule has 3 rings (SSSR count). The zero-order valence-electron chi connectivity index (χ0n) is 13.3. The number of anilines is 1. The fourth-order valence-electron chi connectivity index (χ4n) is 2.51. The molecule has 0 spiro atoms. The van der Waals surface area contributed by atoms with E-state index in [1.807, 2.05) is 0 Å². The van der Waals surface area contributed by atoms with Crippen LogP contribution in [0.4, 0.5) is 23.4 Å². The molecule has 0 amide bonds. The number of hydrogen-bond donors (Lipinski definition) is 2. The van der Waals surface area contributed by atoms with Gasteiger partial charge in [0.25, 0.3) is 0 Å². The van der Waals surface area contributed by atoms with Gasteiger partial charge in [-0.3, -0.25) is 9.36 Å². The van der Waals surface area contributed by atoms with Crippen molar-refractivity contribution in [3.05, 3.63) is 61.9 Å². The SMILES string of the molecule is CNc1nc(-n2cc(C(=O)O)c(=O)c3cc(F)c(F)c(Br)c32)c(F)cc1F. The highest BCUT2D eigenvalue weighted by atomic mass is 79.9. The van der Waals surface area contributed by atoms with Gasteiger partial charge in [-0.1, -0.05) is 0 Å². The third kappa shape index (κ3) is 2.93. The highest BCUT2D eigenvalue weighted by Gasteiger charge is 2.24. The monoisotopic (exact) mass is 445 g/mol. The first-order valence-electron chi connectivity index (χ1n) is 7.17. The van der Waals surface area contributed by atoms with Crippen LogP contribution in [0.25, 0.3) is 16.7 Å². The summed E-state index contributed by atoms with van der Waals surface area (Å²) in [6, 6.07) is 0.980. The maximum absolute atomic E-state index is 14.4. The molecule has 6 nitrogen and oxygen atoms in total. The third-order valence-corrected chi connectivity index (χ3v) is 4.45. The summed E-state index contributed by atoms with van der Waals surface area (Å²) >= 11 is 2.79. The highest BCUT2D eigenvalue weighted by Crippen LogP contribution is 2.30. The van der Waals surface area contributed by atoms with Crippen molar-refractivity contribution in [1.29, 1.82) is 0 Å². The lowest BCUT2D eigenvalue weighted by Crippen LogP contribution is -2.20. The number of fused-ring (bicyclic) bond motifs is 1. The molecule has 3 aromatic rings. The van der Waals surface area contributed by atoms with Crippen LogP contribution in [0, 0.1) is 23.3 Å². The Hall–Kier alpha value is -2.95. The van der Waals surface area contributed by atoms with Crippen molar-refractivity contribution in [2.24, 2.45) is 0 Å². The molecule has 2 N–H and O–H groups in total. The second kappa shape index (κ2) is 6.65. The second-order valence-electron chi connectivity index (χ2n) is 5.30. The molecule has 140 valence electrons. The van der Waals surface area contributed by atoms with Gasteiger partial charge in [0.15, 0.2) is 34.9 Å². The van der Waals surface area contributed by atoms with Crippen LogP contribution < -0.4 is 10.7 Å². The molecule has 2 heterocycles. The van der Waals surface area contributed by atoms with Crippen molar-refractivity contribution in [1.82, 2.24) is 9.55 Å². The first-order valence-corrected chi connectivity index (χ1v) is 7.97. The van der Waals surface area contributed by atoms with Crippen LogP contribution in [0.5, 0.6) is 0 Å². The lowest BCUT2D eigenvalue weighted by atomic mass is 10.1. The zero-order chi connectivity index (χ0) is 20.0. The number of rotatable bonds is 3. The van der Waals surface area contributed by atoms with Crippen molar-refractivity contribution in [3.8, 4) is 5.82 Å². The number of aromatic carboxylic acids is 1. The Morgan fingerprint density at radius 3 is 2.44 bits per heavy atom. The maximum atomic E-state index is 14.4. The van der Waals surface area contributed by atoms with Crippen LogP contribution in [-0.4, -0.2) is 27.7 Å². The third-order valence-electron chi connectivity index (χ3n) is 3.73. The lowest BCUT2D eigenvalue weighted by molar-refractivity contribution is 0.0695. The van der Waals surface area contributed by atoms with Gasteiger partial charge in [-0.2, -0.15) is 0 Å². The van der Waals surface area contributed by atoms with Crippen LogP contribution in [0.2, 0.25) is 0 Å². The second-order valence-corrected chi connectivity index (χ2v) is 6.10. The van der Waals surface area contributed by atoms with E-state index in [9.17, 15) is 32.3 Å². The Bertz CT molecular complexity index is 1180. The molecular formula is C16H8BrF4N3O3. The van der Waals surface area contributed by atoms with Crippen molar-refractivity contribution in [2.45, 2.75) is 0 Å². The molecule has 0 aliphatic carbocycles. The van der Waals surface area contributed by atoms with Gasteiger partial charge in [0.2, 0.25) is 5.43 Å². The average Bonchev–Trinajstić information content (AvgIpc) is 2.61. The fraction of sp³-hybridized carbons (Fsp3) is 0.0625. The molecule has 0 fully saturated rings. The molecule has 0 aliphatic rings. The first-order chi connectivity index (χ1) is 12.7. The van der Waals surface area contributed by atoms with Crippen molar-refractivity contribution < 1.29 is 27.5 Å². The molecule has 11 heteroatoms. The molecule has 0 saturated heterocycles. The molecule has 0 bridgehead atoms. The highest BCUT2D eigenvalue weighted by molar-refractivity contribution is 9.10. The van der Waals surface area contributed by atoms with E-state index >= 15 is 0 Å². The predicted molar refractivity (Wildman–Crippen MR) is 91.4 cm³/mol. The van der Waals surface area contributed by atoms with Gasteiger partial charge in [0.05, 0.1) is 15.4 Å². The number of carboxylic acids is 1. The molecule has 0 saturated carbocycles. The first kappa shape index (κ1) is 18.8. The van der Waals surface area contributed by atoms with Crippen LogP contribution in [0.1, 0.15) is 10.4 Å². The van der Waals surface area contributed by atoms with Crippen molar-refractivity contribution in [2.75, 3.05) is 12.4 Å². The van der Waals surface area contributed by atoms with Gasteiger partial charge in [0.1, 0.15) is 5.56 Å². The molecule has 0 atom stereocenters. The molecule has 0 unspecified atom stereocenters. The van der Waals surface area contributed by atoms with Gasteiger partial charge in [0, 0.05) is 19.3 Å². The van der Waals surface area contributed by atoms with Crippen LogP contribution >= 0.6 is 15.9 Å². The summed E-state index contributed by atoms with van der Waals surface area (Å²) in [6.07, 6.45) is 0.706. The predicted octanol–water partition coefficient (Wildman–Crippen LogP) is 3.44. The molecule has 0 aliphatic heterocycles. The topological polar surface area (TPSA) is 84.2 Å². The minimum Gasteiger partial charge on any atom is -0.477 e. The van der Waals surface area contributed by atoms with Crippen molar-refractivity contribution in [3.63, 3.8) is 0 Å². The molecule has 1 aromatic carbocycles. The number of nitrogens with zero attached hydrogens (tertiary/aromatic N) is 2. The maximum Gasteiger partial charge on any atom is 0.341 e. The molecule has 2 aromatic heterocycles. The van der Waals surface area contributed by atoms with E-state index in [4.69, 9.17) is 0 Å². The zero-order valence-corrected chi connectivity index (χ0v) is 14.9. The number of carboxylic acid groups (broad SMARTS) is 1. The number of nitrogens with one attached hydrogen (secondary N) is 1. The minimum absolute atomic E-state index is 0.371. The number of pyridine rings is 2. The lowest BCUT2D eigenvalue weighted by Gasteiger charge is -2.15. The Balaban J connectivity index is 2.57. The molecular weight excluding hydrogens is 438 g/mol. The van der Waals surface area contributed by atoms with E-state index in [0.29, 0.717) is 18.3 Å². The summed E-state index contributed by atoms with van der Waals surface area (Å²) in [6.45, 7) is 0. The molecule has 0 radical (unpaired) electrons. The van der Waals surface area contributed by atoms with Gasteiger partial charge in [-0.05, 0) is 22.0 Å². The Kier molecular flexibility index (Phi) is 4.64. The molecule has 27 heavy (non-hydrogen) atoms. The summed E-state index contributed by atoms with van der Waals surface area (Å²) in [5.74, 6) is -7.72. The smallest absolute Gasteiger partial charge is 0.341 e. The summed E-state index contributed by atoms with van der Waals surface area (Å²) < 4.78 is 56.0. The fourth-order valence-corrected chi connectivity index (χ4v) is 3.11. The quantitative estimate of drug-likeness (QED) is 0.476. The van der Waals surface area contributed by atoms with Gasteiger partial charge in [-0.25, -0.2) is 27.3 Å². The average molecular weight is 446 g/mol. The Morgan fingerprint density at radius 1 is 1.19 bits per heavy atom. The van der Waals surface area contributed by atoms with Crippen LogP contribution in [0.3, 0.4) is 0 Å². The summed E-state index contributed by atoms with van der Waals surface area (Å²) in [7, 11) is 1.31.